The fourth-order valence-corrected chi connectivity index (χ4v) is 7.27. The quantitative estimate of drug-likeness (QED) is 0.378. The first-order valence-corrected chi connectivity index (χ1v) is 11.3. The molecule has 0 amide bonds. The van der Waals surface area contributed by atoms with Gasteiger partial charge in [-0.2, -0.15) is 0 Å². The second kappa shape index (κ2) is 6.58. The molecule has 3 aromatic carbocycles. The first-order valence-electron chi connectivity index (χ1n) is 8.33. The summed E-state index contributed by atoms with van der Waals surface area (Å²) in [5.74, 6) is 0. The zero-order chi connectivity index (χ0) is 17.3. The van der Waals surface area contributed by atoms with E-state index in [2.05, 4.69) is 94.4 Å². The van der Waals surface area contributed by atoms with Gasteiger partial charge in [0.2, 0.25) is 7.38 Å². The number of hydrogen-bond donors (Lipinski definition) is 0. The molecule has 0 aliphatic carbocycles. The third-order valence-electron chi connectivity index (χ3n) is 4.98. The molecule has 122 valence electrons. The maximum absolute atomic E-state index is 7.50. The Kier molecular flexibility index (Phi) is 4.66. The summed E-state index contributed by atoms with van der Waals surface area (Å²) < 4.78 is 0. The van der Waals surface area contributed by atoms with E-state index in [1.165, 1.54) is 37.8 Å². The second-order valence-corrected chi connectivity index (χ2v) is 11.4. The van der Waals surface area contributed by atoms with Gasteiger partial charge in [-0.3, -0.25) is 0 Å². The lowest BCUT2D eigenvalue weighted by atomic mass is 10.1. The number of halogens is 1. The molecule has 0 aliphatic heterocycles. The van der Waals surface area contributed by atoms with Crippen LogP contribution in [0.2, 0.25) is 0 Å². The molecule has 0 N–H and O–H groups in total. The van der Waals surface area contributed by atoms with Gasteiger partial charge in [-0.25, -0.2) is 0 Å². The van der Waals surface area contributed by atoms with Gasteiger partial charge in [-0.1, -0.05) is 66.7 Å². The van der Waals surface area contributed by atoms with E-state index in [-0.39, 0.29) is 0 Å². The minimum absolute atomic E-state index is 1.23. The molecule has 2 heteroatoms. The van der Waals surface area contributed by atoms with Crippen LogP contribution in [0, 0.1) is 27.7 Å². The van der Waals surface area contributed by atoms with Gasteiger partial charge in [0, 0.05) is 0 Å². The molecule has 0 aliphatic rings. The van der Waals surface area contributed by atoms with Crippen molar-refractivity contribution in [2.45, 2.75) is 27.7 Å². The molecule has 0 atom stereocenters. The van der Waals surface area contributed by atoms with Crippen molar-refractivity contribution in [2.24, 2.45) is 0 Å². The minimum Gasteiger partial charge on any atom is -0.149 e. The van der Waals surface area contributed by atoms with Gasteiger partial charge < -0.3 is 0 Å². The maximum Gasteiger partial charge on any atom is 0.247 e. The van der Waals surface area contributed by atoms with Crippen LogP contribution in [-0.2, 0) is 0 Å². The molecule has 0 fully saturated rings. The summed E-state index contributed by atoms with van der Waals surface area (Å²) in [7, 11) is -2.51. The van der Waals surface area contributed by atoms with E-state index in [0.29, 0.717) is 0 Å². The fourth-order valence-electron chi connectivity index (χ4n) is 3.08. The molecular weight excluding hydrogens is 328 g/mol. The van der Waals surface area contributed by atoms with Crippen molar-refractivity contribution in [1.29, 1.82) is 0 Å². The molecular formula is C22H23ClSi. The van der Waals surface area contributed by atoms with Crippen LogP contribution >= 0.6 is 11.1 Å². The predicted molar refractivity (Wildman–Crippen MR) is 109 cm³/mol. The van der Waals surface area contributed by atoms with Gasteiger partial charge in [0.05, 0.1) is 0 Å². The molecule has 0 heterocycles. The topological polar surface area (TPSA) is 0 Å². The largest absolute Gasteiger partial charge is 0.247 e. The highest BCUT2D eigenvalue weighted by molar-refractivity contribution is 7.40. The van der Waals surface area contributed by atoms with Gasteiger partial charge in [0.1, 0.15) is 0 Å². The summed E-state index contributed by atoms with van der Waals surface area (Å²) in [6.07, 6.45) is 0. The number of benzene rings is 3. The van der Waals surface area contributed by atoms with E-state index >= 15 is 0 Å². The molecule has 0 unspecified atom stereocenters. The van der Waals surface area contributed by atoms with Crippen molar-refractivity contribution in [3.05, 3.63) is 89.0 Å². The second-order valence-electron chi connectivity index (χ2n) is 6.62. The number of rotatable bonds is 3. The minimum atomic E-state index is -2.51. The van der Waals surface area contributed by atoms with Crippen LogP contribution in [0.25, 0.3) is 0 Å². The molecule has 3 rings (SSSR count). The lowest BCUT2D eigenvalue weighted by Crippen LogP contribution is -2.63. The van der Waals surface area contributed by atoms with Gasteiger partial charge in [0.25, 0.3) is 0 Å². The molecule has 0 aromatic heterocycles. The van der Waals surface area contributed by atoms with Gasteiger partial charge >= 0.3 is 0 Å². The van der Waals surface area contributed by atoms with Crippen LogP contribution in [0.15, 0.2) is 66.7 Å². The summed E-state index contributed by atoms with van der Waals surface area (Å²) >= 11 is 7.50. The first kappa shape index (κ1) is 17.0. The zero-order valence-electron chi connectivity index (χ0n) is 14.7. The van der Waals surface area contributed by atoms with Crippen LogP contribution in [0.5, 0.6) is 0 Å². The van der Waals surface area contributed by atoms with E-state index in [9.17, 15) is 0 Å². The lowest BCUT2D eigenvalue weighted by Gasteiger charge is -2.27. The Hall–Kier alpha value is -1.83. The van der Waals surface area contributed by atoms with E-state index < -0.39 is 7.38 Å². The Bertz CT molecular complexity index is 817. The van der Waals surface area contributed by atoms with Gasteiger partial charge in [0.15, 0.2) is 0 Å². The van der Waals surface area contributed by atoms with Crippen LogP contribution in [0.1, 0.15) is 22.3 Å². The standard InChI is InChI=1S/C22H23ClSi/c1-16-10-12-21(14-18(16)3)24(23,20-8-6-5-7-9-20)22-13-11-17(2)19(4)15-22/h5-15H,1-4H3. The third kappa shape index (κ3) is 2.94. The Morgan fingerprint density at radius 3 is 1.42 bits per heavy atom. The maximum atomic E-state index is 7.50. The summed E-state index contributed by atoms with van der Waals surface area (Å²) in [5, 5.41) is 3.74. The van der Waals surface area contributed by atoms with E-state index in [4.69, 9.17) is 11.1 Å². The summed E-state index contributed by atoms with van der Waals surface area (Å²) in [6, 6.07) is 23.9. The Labute approximate surface area is 150 Å². The van der Waals surface area contributed by atoms with E-state index in [1.54, 1.807) is 0 Å². The van der Waals surface area contributed by atoms with Gasteiger partial charge in [-0.05, 0) is 65.5 Å². The molecule has 0 nitrogen and oxygen atoms in total. The molecule has 3 aromatic rings. The Balaban J connectivity index is 2.28. The average molecular weight is 351 g/mol. The summed E-state index contributed by atoms with van der Waals surface area (Å²) in [5.41, 5.74) is 5.20. The van der Waals surface area contributed by atoms with Crippen LogP contribution in [0.3, 0.4) is 0 Å². The number of aryl methyl sites for hydroxylation is 4. The summed E-state index contributed by atoms with van der Waals surface area (Å²) in [4.78, 5) is 0. The van der Waals surface area contributed by atoms with Crippen LogP contribution in [-0.4, -0.2) is 7.38 Å². The molecule has 0 spiro atoms. The first-order chi connectivity index (χ1) is 11.4. The summed E-state index contributed by atoms with van der Waals surface area (Å²) in [6.45, 7) is 8.62. The fraction of sp³-hybridized carbons (Fsp3) is 0.182. The average Bonchev–Trinajstić information content (AvgIpc) is 2.60. The SMILES string of the molecule is Cc1ccc([Si](Cl)(c2ccccc2)c2ccc(C)c(C)c2)cc1C. The van der Waals surface area contributed by atoms with Crippen LogP contribution < -0.4 is 15.6 Å². The highest BCUT2D eigenvalue weighted by atomic mass is 35.6. The van der Waals surface area contributed by atoms with Crippen molar-refractivity contribution < 1.29 is 0 Å². The van der Waals surface area contributed by atoms with E-state index in [0.717, 1.165) is 0 Å². The van der Waals surface area contributed by atoms with Crippen LogP contribution in [0.4, 0.5) is 0 Å². The normalized spacial score (nSPS) is 11.5. The number of hydrogen-bond acceptors (Lipinski definition) is 0. The van der Waals surface area contributed by atoms with Crippen molar-refractivity contribution in [2.75, 3.05) is 0 Å². The predicted octanol–water partition coefficient (Wildman–Crippen LogP) is 4.13. The molecule has 0 saturated heterocycles. The monoisotopic (exact) mass is 350 g/mol. The Morgan fingerprint density at radius 1 is 0.542 bits per heavy atom. The highest BCUT2D eigenvalue weighted by Gasteiger charge is 2.38. The van der Waals surface area contributed by atoms with Gasteiger partial charge in [-0.15, -0.1) is 11.1 Å². The molecule has 0 bridgehead atoms. The smallest absolute Gasteiger partial charge is 0.149 e. The van der Waals surface area contributed by atoms with Crippen molar-refractivity contribution in [1.82, 2.24) is 0 Å². The highest BCUT2D eigenvalue weighted by Crippen LogP contribution is 2.16. The van der Waals surface area contributed by atoms with Crippen molar-refractivity contribution >= 4 is 34.0 Å². The lowest BCUT2D eigenvalue weighted by molar-refractivity contribution is 1.35. The van der Waals surface area contributed by atoms with Crippen molar-refractivity contribution in [3.63, 3.8) is 0 Å². The zero-order valence-corrected chi connectivity index (χ0v) is 16.5. The molecule has 0 radical (unpaired) electrons. The van der Waals surface area contributed by atoms with Crippen molar-refractivity contribution in [3.8, 4) is 0 Å². The molecule has 0 saturated carbocycles. The Morgan fingerprint density at radius 2 is 1.00 bits per heavy atom. The van der Waals surface area contributed by atoms with E-state index in [1.807, 2.05) is 0 Å². The third-order valence-corrected chi connectivity index (χ3v) is 10.3. The molecule has 24 heavy (non-hydrogen) atoms.